The fourth-order valence-electron chi connectivity index (χ4n) is 0. The molecule has 9 heavy (non-hydrogen) atoms. The summed E-state index contributed by atoms with van der Waals surface area (Å²) in [6.45, 7) is 0. The molecule has 0 aliphatic rings. The third-order valence-corrected chi connectivity index (χ3v) is 0. The summed E-state index contributed by atoms with van der Waals surface area (Å²) in [6, 6.07) is 0. The van der Waals surface area contributed by atoms with E-state index in [0.717, 1.165) is 0 Å². The van der Waals surface area contributed by atoms with Crippen LogP contribution in [0.1, 0.15) is 0 Å². The van der Waals surface area contributed by atoms with Crippen molar-refractivity contribution in [2.45, 2.75) is 0 Å². The van der Waals surface area contributed by atoms with Crippen molar-refractivity contribution in [2.24, 2.45) is 0 Å². The second-order valence-corrected chi connectivity index (χ2v) is 0.250. The molecule has 0 spiro atoms. The Morgan fingerprint density at radius 3 is 1.11 bits per heavy atom. The first-order chi connectivity index (χ1) is 1.73. The molecule has 0 bridgehead atoms. The Morgan fingerprint density at radius 2 is 1.11 bits per heavy atom. The Bertz CT molecular complexity index is 39.9. The van der Waals surface area contributed by atoms with Gasteiger partial charge in [-0.25, -0.2) is 0 Å². The van der Waals surface area contributed by atoms with E-state index in [1.165, 1.54) is 0 Å². The van der Waals surface area contributed by atoms with E-state index in [2.05, 4.69) is 0 Å². The first-order valence-corrected chi connectivity index (χ1v) is 0.612. The fraction of sp³-hybridized carbons (Fsp3) is 0. The summed E-state index contributed by atoms with van der Waals surface area (Å²) >= 11 is 0. The zero-order chi connectivity index (χ0) is 3.58. The Hall–Kier alpha value is 1.74. The standard InChI is InChI=1S/CH2O3.Ca.ClH.Na.2H2O/c2-1(3)4;;;;;/h(H2,2,3,4);;1H;;2*1H2/q;+2;;+1;;/p-3. The molecule has 0 radical (unpaired) electrons. The Morgan fingerprint density at radius 1 is 1.11 bits per heavy atom. The van der Waals surface area contributed by atoms with Crippen LogP contribution in [0.3, 0.4) is 0 Å². The third-order valence-electron chi connectivity index (χ3n) is 0. The molecular weight excluding hydrogens is 191 g/mol. The molecule has 0 aromatic carbocycles. The van der Waals surface area contributed by atoms with Gasteiger partial charge in [-0.2, -0.15) is 0 Å². The van der Waals surface area contributed by atoms with Crippen LogP contribution in [-0.4, -0.2) is 54.8 Å². The van der Waals surface area contributed by atoms with Gasteiger partial charge in [0.05, 0.1) is 0 Å². The van der Waals surface area contributed by atoms with Gasteiger partial charge in [0.25, 0.3) is 0 Å². The quantitative estimate of drug-likeness (QED) is 0.355. The van der Waals surface area contributed by atoms with E-state index in [4.69, 9.17) is 15.0 Å². The number of carbonyl (C=O) groups is 1. The van der Waals surface area contributed by atoms with Crippen LogP contribution in [0, 0.1) is 0 Å². The predicted octanol–water partition coefficient (Wildman–Crippen LogP) is -10.5. The van der Waals surface area contributed by atoms with E-state index < -0.39 is 6.16 Å². The Labute approximate surface area is 110 Å². The van der Waals surface area contributed by atoms with Crippen LogP contribution < -0.4 is 52.2 Å². The summed E-state index contributed by atoms with van der Waals surface area (Å²) < 4.78 is 0. The number of hydrogen-bond donors (Lipinski definition) is 0. The van der Waals surface area contributed by atoms with Gasteiger partial charge in [0.15, 0.2) is 0 Å². The maximum absolute atomic E-state index is 8.33. The molecule has 0 atom stereocenters. The summed E-state index contributed by atoms with van der Waals surface area (Å²) in [7, 11) is 0. The second kappa shape index (κ2) is 33.1. The Balaban J connectivity index is -0.00000000450. The molecular formula is CH4CaClNaO5. The molecule has 0 saturated carbocycles. The minimum atomic E-state index is -2.33. The first-order valence-electron chi connectivity index (χ1n) is 0.612. The third kappa shape index (κ3) is 193. The van der Waals surface area contributed by atoms with Crippen molar-refractivity contribution in [3.8, 4) is 0 Å². The van der Waals surface area contributed by atoms with E-state index >= 15 is 0 Å². The molecule has 0 rings (SSSR count). The van der Waals surface area contributed by atoms with Gasteiger partial charge < -0.3 is 38.4 Å². The van der Waals surface area contributed by atoms with Crippen LogP contribution in [0.5, 0.6) is 0 Å². The Kier molecular flexibility index (Phi) is 167. The average Bonchev–Trinajstić information content (AvgIpc) is 0.811. The summed E-state index contributed by atoms with van der Waals surface area (Å²) in [5.41, 5.74) is 0. The molecule has 0 unspecified atom stereocenters. The topological polar surface area (TPSA) is 126 Å². The summed E-state index contributed by atoms with van der Waals surface area (Å²) in [5, 5.41) is 16.7. The molecule has 0 aliphatic heterocycles. The molecule has 0 heterocycles. The van der Waals surface area contributed by atoms with Crippen molar-refractivity contribution in [3.05, 3.63) is 0 Å². The van der Waals surface area contributed by atoms with Crippen molar-refractivity contribution in [1.29, 1.82) is 0 Å². The fourth-order valence-corrected chi connectivity index (χ4v) is 0. The minimum absolute atomic E-state index is 0. The van der Waals surface area contributed by atoms with Crippen LogP contribution in [0.2, 0.25) is 0 Å². The van der Waals surface area contributed by atoms with E-state index in [9.17, 15) is 0 Å². The van der Waals surface area contributed by atoms with Gasteiger partial charge in [-0.1, -0.05) is 0 Å². The molecule has 0 aliphatic carbocycles. The molecule has 4 N–H and O–H groups in total. The monoisotopic (exact) mass is 194 g/mol. The van der Waals surface area contributed by atoms with Gasteiger partial charge in [-0.15, -0.1) is 0 Å². The molecule has 48 valence electrons. The zero-order valence-electron chi connectivity index (χ0n) is 4.81. The van der Waals surface area contributed by atoms with Crippen LogP contribution in [0.25, 0.3) is 0 Å². The average molecular weight is 195 g/mol. The first kappa shape index (κ1) is 45.4. The molecule has 0 aromatic rings. The van der Waals surface area contributed by atoms with Crippen molar-refractivity contribution in [2.75, 3.05) is 0 Å². The summed E-state index contributed by atoms with van der Waals surface area (Å²) in [6.07, 6.45) is -2.33. The maximum Gasteiger partial charge on any atom is 2.00 e. The van der Waals surface area contributed by atoms with Crippen molar-refractivity contribution >= 4 is 43.9 Å². The van der Waals surface area contributed by atoms with Gasteiger partial charge in [-0.3, -0.25) is 0 Å². The van der Waals surface area contributed by atoms with E-state index in [-0.39, 0.29) is 90.7 Å². The largest absolute Gasteiger partial charge is 2.00 e. The number of carboxylic acid groups (broad SMARTS) is 2. The number of hydrogen-bond acceptors (Lipinski definition) is 3. The van der Waals surface area contributed by atoms with E-state index in [1.54, 1.807) is 0 Å². The van der Waals surface area contributed by atoms with E-state index in [0.29, 0.717) is 0 Å². The predicted molar refractivity (Wildman–Crippen MR) is 18.4 cm³/mol. The van der Waals surface area contributed by atoms with Crippen LogP contribution in [0.15, 0.2) is 0 Å². The van der Waals surface area contributed by atoms with Crippen LogP contribution in [-0.2, 0) is 0 Å². The number of carbonyl (C=O) groups excluding carboxylic acids is 1. The smallest absolute Gasteiger partial charge is 1.00 e. The minimum Gasteiger partial charge on any atom is -1.00 e. The zero-order valence-corrected chi connectivity index (χ0v) is 9.77. The summed E-state index contributed by atoms with van der Waals surface area (Å²) in [4.78, 5) is 8.33. The van der Waals surface area contributed by atoms with E-state index in [1.807, 2.05) is 0 Å². The van der Waals surface area contributed by atoms with Gasteiger partial charge in [-0.05, 0) is 6.16 Å². The van der Waals surface area contributed by atoms with Gasteiger partial charge in [0, 0.05) is 0 Å². The molecule has 0 amide bonds. The SMILES string of the molecule is O.O.O=C([O-])[O-].[Ca+2].[Cl-].[Na+]. The molecule has 0 fully saturated rings. The van der Waals surface area contributed by atoms with Crippen LogP contribution in [0.4, 0.5) is 4.79 Å². The van der Waals surface area contributed by atoms with Crippen molar-refractivity contribution in [3.63, 3.8) is 0 Å². The van der Waals surface area contributed by atoms with Crippen molar-refractivity contribution in [1.82, 2.24) is 0 Å². The van der Waals surface area contributed by atoms with Gasteiger partial charge in [0.1, 0.15) is 0 Å². The number of rotatable bonds is 0. The summed E-state index contributed by atoms with van der Waals surface area (Å²) in [5.74, 6) is 0. The molecule has 0 saturated heterocycles. The van der Waals surface area contributed by atoms with Gasteiger partial charge >= 0.3 is 67.3 Å². The normalized spacial score (nSPS) is 2.67. The molecule has 5 nitrogen and oxygen atoms in total. The van der Waals surface area contributed by atoms with Gasteiger partial charge in [0.2, 0.25) is 0 Å². The number of halogens is 1. The van der Waals surface area contributed by atoms with Crippen LogP contribution >= 0.6 is 0 Å². The van der Waals surface area contributed by atoms with Crippen molar-refractivity contribution < 1.29 is 67.9 Å². The maximum atomic E-state index is 8.33. The second-order valence-electron chi connectivity index (χ2n) is 0.250. The molecule has 0 aromatic heterocycles. The molecule has 8 heteroatoms.